The van der Waals surface area contributed by atoms with Crippen molar-refractivity contribution in [1.82, 2.24) is 10.2 Å². The van der Waals surface area contributed by atoms with E-state index in [1.165, 1.54) is 9.75 Å². The summed E-state index contributed by atoms with van der Waals surface area (Å²) < 4.78 is 0.789. The molecular weight excluding hydrogens is 324 g/mol. The Kier molecular flexibility index (Phi) is 6.23. The lowest BCUT2D eigenvalue weighted by molar-refractivity contribution is -0.122. The van der Waals surface area contributed by atoms with Crippen LogP contribution in [0.4, 0.5) is 0 Å². The van der Waals surface area contributed by atoms with Gasteiger partial charge in [0.05, 0.1) is 16.9 Å². The van der Waals surface area contributed by atoms with E-state index in [-0.39, 0.29) is 11.9 Å². The summed E-state index contributed by atoms with van der Waals surface area (Å²) in [6, 6.07) is 8.02. The van der Waals surface area contributed by atoms with Crippen LogP contribution in [0.5, 0.6) is 0 Å². The molecule has 2 aromatic rings. The number of amides is 1. The lowest BCUT2D eigenvalue weighted by Crippen LogP contribution is -2.37. The Morgan fingerprint density at radius 2 is 2.24 bits per heavy atom. The second-order valence-corrected chi connectivity index (χ2v) is 7.59. The van der Waals surface area contributed by atoms with Crippen LogP contribution in [0, 0.1) is 0 Å². The molecule has 2 rings (SSSR count). The molecule has 2 heterocycles. The molecule has 0 spiro atoms. The van der Waals surface area contributed by atoms with Crippen molar-refractivity contribution in [2.75, 3.05) is 13.1 Å². The molecule has 0 bridgehead atoms. The van der Waals surface area contributed by atoms with Crippen molar-refractivity contribution < 1.29 is 4.79 Å². The lowest BCUT2D eigenvalue weighted by atomic mass is 10.2. The molecule has 3 nitrogen and oxygen atoms in total. The van der Waals surface area contributed by atoms with Gasteiger partial charge in [0.25, 0.3) is 0 Å². The molecule has 1 N–H and O–H groups in total. The molecule has 1 unspecified atom stereocenters. The van der Waals surface area contributed by atoms with Crippen LogP contribution in [0.3, 0.4) is 0 Å². The van der Waals surface area contributed by atoms with Crippen molar-refractivity contribution in [3.63, 3.8) is 0 Å². The number of hydrogen-bond donors (Lipinski definition) is 1. The number of thiophene rings is 2. The molecule has 0 aromatic carbocycles. The van der Waals surface area contributed by atoms with E-state index in [0.29, 0.717) is 6.54 Å². The zero-order chi connectivity index (χ0) is 15.2. The summed E-state index contributed by atoms with van der Waals surface area (Å²) in [5, 5.41) is 5.07. The van der Waals surface area contributed by atoms with E-state index in [1.54, 1.807) is 22.7 Å². The average molecular weight is 343 g/mol. The van der Waals surface area contributed by atoms with Crippen LogP contribution >= 0.6 is 34.3 Å². The maximum atomic E-state index is 12.1. The third-order valence-corrected chi connectivity index (χ3v) is 5.44. The fourth-order valence-corrected chi connectivity index (χ4v) is 3.90. The fourth-order valence-electron chi connectivity index (χ4n) is 2.04. The number of carbonyl (C=O) groups is 1. The number of nitrogens with one attached hydrogen (secondary N) is 1. The van der Waals surface area contributed by atoms with Crippen LogP contribution in [0.1, 0.15) is 29.6 Å². The zero-order valence-electron chi connectivity index (χ0n) is 12.1. The standard InChI is InChI=1S/C15H19ClN2OS2/c1-3-18(9-12-6-7-14(16)21-12)10-15(19)17-11(2)13-5-4-8-20-13/h4-8,11H,3,9-10H2,1-2H3,(H,17,19). The molecule has 1 amide bonds. The van der Waals surface area contributed by atoms with Gasteiger partial charge in [-0.15, -0.1) is 22.7 Å². The van der Waals surface area contributed by atoms with Gasteiger partial charge in [-0.3, -0.25) is 9.69 Å². The first-order valence-electron chi connectivity index (χ1n) is 6.87. The molecule has 2 aromatic heterocycles. The van der Waals surface area contributed by atoms with Crippen LogP contribution in [0.25, 0.3) is 0 Å². The van der Waals surface area contributed by atoms with Crippen LogP contribution in [-0.2, 0) is 11.3 Å². The van der Waals surface area contributed by atoms with Gasteiger partial charge in [-0.2, -0.15) is 0 Å². The van der Waals surface area contributed by atoms with Gasteiger partial charge < -0.3 is 5.32 Å². The van der Waals surface area contributed by atoms with E-state index in [0.717, 1.165) is 17.4 Å². The second-order valence-electron chi connectivity index (χ2n) is 4.81. The minimum Gasteiger partial charge on any atom is -0.348 e. The molecule has 0 aliphatic carbocycles. The molecule has 114 valence electrons. The van der Waals surface area contributed by atoms with E-state index >= 15 is 0 Å². The third-order valence-electron chi connectivity index (χ3n) is 3.17. The molecule has 0 aliphatic heterocycles. The van der Waals surface area contributed by atoms with Crippen molar-refractivity contribution in [3.8, 4) is 0 Å². The summed E-state index contributed by atoms with van der Waals surface area (Å²) >= 11 is 9.17. The number of likely N-dealkylation sites (N-methyl/N-ethyl adjacent to an activating group) is 1. The summed E-state index contributed by atoms with van der Waals surface area (Å²) in [5.41, 5.74) is 0. The molecule has 21 heavy (non-hydrogen) atoms. The zero-order valence-corrected chi connectivity index (χ0v) is 14.5. The predicted octanol–water partition coefficient (Wildman–Crippen LogP) is 4.16. The Labute approximate surface area is 138 Å². The Bertz CT molecular complexity index is 568. The van der Waals surface area contributed by atoms with Crippen molar-refractivity contribution >= 4 is 40.2 Å². The quantitative estimate of drug-likeness (QED) is 0.819. The summed E-state index contributed by atoms with van der Waals surface area (Å²) in [4.78, 5) is 16.6. The summed E-state index contributed by atoms with van der Waals surface area (Å²) in [7, 11) is 0. The first-order chi connectivity index (χ1) is 10.1. The number of halogens is 1. The fraction of sp³-hybridized carbons (Fsp3) is 0.400. The minimum atomic E-state index is 0.0559. The van der Waals surface area contributed by atoms with Crippen LogP contribution in [-0.4, -0.2) is 23.9 Å². The normalized spacial score (nSPS) is 12.6. The average Bonchev–Trinajstić information content (AvgIpc) is 3.09. The molecule has 0 aliphatic rings. The molecule has 0 fully saturated rings. The summed E-state index contributed by atoms with van der Waals surface area (Å²) in [5.74, 6) is 0.0559. The highest BCUT2D eigenvalue weighted by Gasteiger charge is 2.14. The lowest BCUT2D eigenvalue weighted by Gasteiger charge is -2.20. The van der Waals surface area contributed by atoms with Gasteiger partial charge in [-0.25, -0.2) is 0 Å². The molecule has 0 saturated heterocycles. The van der Waals surface area contributed by atoms with Gasteiger partial charge >= 0.3 is 0 Å². The topological polar surface area (TPSA) is 32.3 Å². The molecular formula is C15H19ClN2OS2. The highest BCUT2D eigenvalue weighted by Crippen LogP contribution is 2.22. The third kappa shape index (κ3) is 5.11. The van der Waals surface area contributed by atoms with Gasteiger partial charge in [0.2, 0.25) is 5.91 Å². The van der Waals surface area contributed by atoms with Crippen molar-refractivity contribution in [3.05, 3.63) is 43.7 Å². The first-order valence-corrected chi connectivity index (χ1v) is 8.95. The van der Waals surface area contributed by atoms with Gasteiger partial charge in [0.15, 0.2) is 0 Å². The summed E-state index contributed by atoms with van der Waals surface area (Å²) in [6.07, 6.45) is 0. The first kappa shape index (κ1) is 16.5. The van der Waals surface area contributed by atoms with Crippen LogP contribution in [0.2, 0.25) is 4.34 Å². The molecule has 6 heteroatoms. The van der Waals surface area contributed by atoms with E-state index in [2.05, 4.69) is 17.1 Å². The van der Waals surface area contributed by atoms with Crippen LogP contribution < -0.4 is 5.32 Å². The number of nitrogens with zero attached hydrogens (tertiary/aromatic N) is 1. The van der Waals surface area contributed by atoms with Crippen molar-refractivity contribution in [2.45, 2.75) is 26.4 Å². The van der Waals surface area contributed by atoms with Gasteiger partial charge in [-0.1, -0.05) is 24.6 Å². The van der Waals surface area contributed by atoms with E-state index in [1.807, 2.05) is 36.6 Å². The minimum absolute atomic E-state index is 0.0559. The Balaban J connectivity index is 1.84. The number of hydrogen-bond acceptors (Lipinski definition) is 4. The monoisotopic (exact) mass is 342 g/mol. The SMILES string of the molecule is CCN(CC(=O)NC(C)c1cccs1)Cc1ccc(Cl)s1. The van der Waals surface area contributed by atoms with Crippen molar-refractivity contribution in [1.29, 1.82) is 0 Å². The summed E-state index contributed by atoms with van der Waals surface area (Å²) in [6.45, 7) is 6.07. The van der Waals surface area contributed by atoms with E-state index in [4.69, 9.17) is 11.6 Å². The Morgan fingerprint density at radius 1 is 1.43 bits per heavy atom. The van der Waals surface area contributed by atoms with E-state index < -0.39 is 0 Å². The highest BCUT2D eigenvalue weighted by atomic mass is 35.5. The van der Waals surface area contributed by atoms with E-state index in [9.17, 15) is 4.79 Å². The maximum Gasteiger partial charge on any atom is 0.234 e. The van der Waals surface area contributed by atoms with Gasteiger partial charge in [0, 0.05) is 16.3 Å². The number of carbonyl (C=O) groups excluding carboxylic acids is 1. The Hall–Kier alpha value is -0.880. The van der Waals surface area contributed by atoms with Gasteiger partial charge in [-0.05, 0) is 37.0 Å². The maximum absolute atomic E-state index is 12.1. The number of rotatable bonds is 7. The molecule has 0 radical (unpaired) electrons. The predicted molar refractivity (Wildman–Crippen MR) is 91.2 cm³/mol. The van der Waals surface area contributed by atoms with Crippen molar-refractivity contribution in [2.24, 2.45) is 0 Å². The highest BCUT2D eigenvalue weighted by molar-refractivity contribution is 7.16. The van der Waals surface area contributed by atoms with Crippen LogP contribution in [0.15, 0.2) is 29.6 Å². The van der Waals surface area contributed by atoms with Gasteiger partial charge in [0.1, 0.15) is 0 Å². The second kappa shape index (κ2) is 7.94. The molecule has 1 atom stereocenters. The Morgan fingerprint density at radius 3 is 2.81 bits per heavy atom. The largest absolute Gasteiger partial charge is 0.348 e. The smallest absolute Gasteiger partial charge is 0.234 e. The molecule has 0 saturated carbocycles.